The van der Waals surface area contributed by atoms with Crippen LogP contribution in [0.25, 0.3) is 0 Å². The van der Waals surface area contributed by atoms with Gasteiger partial charge in [0.05, 0.1) is 7.11 Å². The van der Waals surface area contributed by atoms with Crippen molar-refractivity contribution in [2.24, 2.45) is 0 Å². The summed E-state index contributed by atoms with van der Waals surface area (Å²) in [5.41, 5.74) is 2.83. The summed E-state index contributed by atoms with van der Waals surface area (Å²) in [4.78, 5) is 3.39. The molecule has 2 N–H and O–H groups in total. The third-order valence-electron chi connectivity index (χ3n) is 4.55. The Balaban J connectivity index is 1.49. The molecule has 0 saturated carbocycles. The Morgan fingerprint density at radius 3 is 2.00 bits per heavy atom. The molecule has 0 radical (unpaired) electrons. The second kappa shape index (κ2) is 7.43. The molecular formula is C19H26N2O+2. The van der Waals surface area contributed by atoms with Crippen molar-refractivity contribution < 1.29 is 14.5 Å². The molecule has 1 heterocycles. The summed E-state index contributed by atoms with van der Waals surface area (Å²) in [7, 11) is 1.73. The number of quaternary nitrogens is 2. The highest BCUT2D eigenvalue weighted by atomic mass is 16.5. The Bertz CT molecular complexity index is 577. The van der Waals surface area contributed by atoms with Crippen molar-refractivity contribution in [3.63, 3.8) is 0 Å². The van der Waals surface area contributed by atoms with E-state index in [1.807, 2.05) is 6.07 Å². The van der Waals surface area contributed by atoms with Crippen LogP contribution < -0.4 is 14.5 Å². The number of ether oxygens (including phenoxy) is 1. The smallest absolute Gasteiger partial charge is 0.127 e. The average molecular weight is 298 g/mol. The maximum atomic E-state index is 5.31. The fraction of sp³-hybridized carbons (Fsp3) is 0.368. The molecule has 1 fully saturated rings. The lowest BCUT2D eigenvalue weighted by atomic mass is 10.1. The van der Waals surface area contributed by atoms with Crippen molar-refractivity contribution in [3.05, 3.63) is 65.7 Å². The van der Waals surface area contributed by atoms with E-state index in [0.717, 1.165) is 18.8 Å². The molecule has 3 rings (SSSR count). The predicted octanol–water partition coefficient (Wildman–Crippen LogP) is 0.179. The van der Waals surface area contributed by atoms with Gasteiger partial charge in [-0.05, 0) is 12.1 Å². The van der Waals surface area contributed by atoms with E-state index in [9.17, 15) is 0 Å². The molecule has 22 heavy (non-hydrogen) atoms. The fourth-order valence-corrected chi connectivity index (χ4v) is 3.27. The maximum absolute atomic E-state index is 5.31. The van der Waals surface area contributed by atoms with Crippen molar-refractivity contribution in [2.75, 3.05) is 33.3 Å². The molecule has 3 heteroatoms. The SMILES string of the molecule is COc1cccc(C[NH+]2CC[NH+](Cc3ccccc3)CC2)c1. The number of hydrogen-bond acceptors (Lipinski definition) is 1. The van der Waals surface area contributed by atoms with Gasteiger partial charge in [0.1, 0.15) is 45.0 Å². The summed E-state index contributed by atoms with van der Waals surface area (Å²) >= 11 is 0. The van der Waals surface area contributed by atoms with Gasteiger partial charge in [-0.15, -0.1) is 0 Å². The van der Waals surface area contributed by atoms with Crippen LogP contribution in [0.4, 0.5) is 0 Å². The summed E-state index contributed by atoms with van der Waals surface area (Å²) in [6, 6.07) is 19.3. The van der Waals surface area contributed by atoms with Gasteiger partial charge in [0.25, 0.3) is 0 Å². The largest absolute Gasteiger partial charge is 0.497 e. The van der Waals surface area contributed by atoms with Crippen molar-refractivity contribution >= 4 is 0 Å². The van der Waals surface area contributed by atoms with Gasteiger partial charge in [-0.25, -0.2) is 0 Å². The first-order chi connectivity index (χ1) is 10.8. The van der Waals surface area contributed by atoms with E-state index in [1.165, 1.54) is 37.3 Å². The van der Waals surface area contributed by atoms with E-state index in [0.29, 0.717) is 0 Å². The summed E-state index contributed by atoms with van der Waals surface area (Å²) in [5.74, 6) is 0.963. The van der Waals surface area contributed by atoms with Crippen LogP contribution in [0.15, 0.2) is 54.6 Å². The molecule has 0 atom stereocenters. The highest BCUT2D eigenvalue weighted by Crippen LogP contribution is 2.11. The zero-order chi connectivity index (χ0) is 15.2. The van der Waals surface area contributed by atoms with Crippen LogP contribution in [0.5, 0.6) is 5.75 Å². The van der Waals surface area contributed by atoms with Gasteiger partial charge in [-0.3, -0.25) is 0 Å². The minimum absolute atomic E-state index is 0.963. The molecule has 0 aromatic heterocycles. The van der Waals surface area contributed by atoms with E-state index in [1.54, 1.807) is 16.9 Å². The van der Waals surface area contributed by atoms with Gasteiger partial charge < -0.3 is 14.5 Å². The number of benzene rings is 2. The predicted molar refractivity (Wildman–Crippen MR) is 88.2 cm³/mol. The van der Waals surface area contributed by atoms with Crippen LogP contribution in [-0.2, 0) is 13.1 Å². The summed E-state index contributed by atoms with van der Waals surface area (Å²) in [6.45, 7) is 7.28. The van der Waals surface area contributed by atoms with E-state index >= 15 is 0 Å². The molecule has 0 unspecified atom stereocenters. The molecule has 0 spiro atoms. The van der Waals surface area contributed by atoms with Crippen LogP contribution in [0.1, 0.15) is 11.1 Å². The normalized spacial score (nSPS) is 21.5. The van der Waals surface area contributed by atoms with Crippen LogP contribution in [-0.4, -0.2) is 33.3 Å². The molecule has 1 aliphatic rings. The van der Waals surface area contributed by atoms with E-state index in [2.05, 4.69) is 48.5 Å². The minimum atomic E-state index is 0.963. The Hall–Kier alpha value is -1.84. The van der Waals surface area contributed by atoms with Crippen molar-refractivity contribution in [2.45, 2.75) is 13.1 Å². The van der Waals surface area contributed by atoms with Gasteiger partial charge in [0.2, 0.25) is 0 Å². The number of hydrogen-bond donors (Lipinski definition) is 2. The van der Waals surface area contributed by atoms with Crippen LogP contribution in [0, 0.1) is 0 Å². The quantitative estimate of drug-likeness (QED) is 0.806. The molecule has 0 amide bonds. The monoisotopic (exact) mass is 298 g/mol. The molecule has 2 aromatic carbocycles. The van der Waals surface area contributed by atoms with E-state index in [-0.39, 0.29) is 0 Å². The maximum Gasteiger partial charge on any atom is 0.127 e. The first-order valence-corrected chi connectivity index (χ1v) is 8.17. The van der Waals surface area contributed by atoms with Crippen molar-refractivity contribution in [1.29, 1.82) is 0 Å². The lowest BCUT2D eigenvalue weighted by Crippen LogP contribution is -3.27. The minimum Gasteiger partial charge on any atom is -0.497 e. The lowest BCUT2D eigenvalue weighted by Gasteiger charge is -2.29. The average Bonchev–Trinajstić information content (AvgIpc) is 2.58. The molecule has 116 valence electrons. The second-order valence-corrected chi connectivity index (χ2v) is 6.19. The standard InChI is InChI=1S/C19H24N2O/c1-22-19-9-5-8-18(14-19)16-21-12-10-20(11-13-21)15-17-6-3-2-4-7-17/h2-9,14H,10-13,15-16H2,1H3/p+2. The van der Waals surface area contributed by atoms with Gasteiger partial charge in [-0.1, -0.05) is 42.5 Å². The van der Waals surface area contributed by atoms with Gasteiger partial charge >= 0.3 is 0 Å². The Morgan fingerprint density at radius 1 is 0.773 bits per heavy atom. The Morgan fingerprint density at radius 2 is 1.36 bits per heavy atom. The molecule has 1 aliphatic heterocycles. The number of nitrogens with one attached hydrogen (secondary N) is 2. The highest BCUT2D eigenvalue weighted by Gasteiger charge is 2.23. The third-order valence-corrected chi connectivity index (χ3v) is 4.55. The topological polar surface area (TPSA) is 18.1 Å². The summed E-state index contributed by atoms with van der Waals surface area (Å²) in [6.07, 6.45) is 0. The number of methoxy groups -OCH3 is 1. The number of rotatable bonds is 5. The van der Waals surface area contributed by atoms with E-state index in [4.69, 9.17) is 4.74 Å². The molecular weight excluding hydrogens is 272 g/mol. The molecule has 1 saturated heterocycles. The Kier molecular flexibility index (Phi) is 5.09. The van der Waals surface area contributed by atoms with Crippen LogP contribution >= 0.6 is 0 Å². The second-order valence-electron chi connectivity index (χ2n) is 6.19. The third kappa shape index (κ3) is 4.09. The van der Waals surface area contributed by atoms with Crippen molar-refractivity contribution in [1.82, 2.24) is 0 Å². The Labute approximate surface area is 133 Å². The molecule has 0 aliphatic carbocycles. The number of piperazine rings is 1. The lowest BCUT2D eigenvalue weighted by molar-refractivity contribution is -1.02. The summed E-state index contributed by atoms with van der Waals surface area (Å²) < 4.78 is 5.31. The zero-order valence-corrected chi connectivity index (χ0v) is 13.3. The first-order valence-electron chi connectivity index (χ1n) is 8.17. The van der Waals surface area contributed by atoms with Crippen molar-refractivity contribution in [3.8, 4) is 5.75 Å². The van der Waals surface area contributed by atoms with Crippen LogP contribution in [0.3, 0.4) is 0 Å². The van der Waals surface area contributed by atoms with Gasteiger partial charge in [-0.2, -0.15) is 0 Å². The molecule has 2 aromatic rings. The molecule has 3 nitrogen and oxygen atoms in total. The van der Waals surface area contributed by atoms with Gasteiger partial charge in [0, 0.05) is 11.1 Å². The van der Waals surface area contributed by atoms with E-state index < -0.39 is 0 Å². The van der Waals surface area contributed by atoms with Crippen LogP contribution in [0.2, 0.25) is 0 Å². The highest BCUT2D eigenvalue weighted by molar-refractivity contribution is 5.27. The fourth-order valence-electron chi connectivity index (χ4n) is 3.27. The molecule has 0 bridgehead atoms. The zero-order valence-electron chi connectivity index (χ0n) is 13.3. The first kappa shape index (κ1) is 15.1. The summed E-state index contributed by atoms with van der Waals surface area (Å²) in [5, 5.41) is 0. The van der Waals surface area contributed by atoms with Gasteiger partial charge in [0.15, 0.2) is 0 Å².